The van der Waals surface area contributed by atoms with Crippen LogP contribution in [0.5, 0.6) is 5.75 Å². The quantitative estimate of drug-likeness (QED) is 0.366. The zero-order valence-electron chi connectivity index (χ0n) is 11.6. The van der Waals surface area contributed by atoms with Gasteiger partial charge in [0, 0.05) is 16.2 Å². The van der Waals surface area contributed by atoms with E-state index < -0.39 is 5.97 Å². The predicted octanol–water partition coefficient (Wildman–Crippen LogP) is 4.09. The van der Waals surface area contributed by atoms with Crippen molar-refractivity contribution in [1.29, 1.82) is 0 Å². The van der Waals surface area contributed by atoms with Gasteiger partial charge in [-0.05, 0) is 29.3 Å². The number of carbonyl (C=O) groups is 1. The van der Waals surface area contributed by atoms with E-state index in [-0.39, 0.29) is 0 Å². The maximum atomic E-state index is 11.9. The molecule has 0 atom stereocenters. The second kappa shape index (κ2) is 6.45. The molecule has 0 N–H and O–H groups in total. The maximum Gasteiger partial charge on any atom is 0.338 e. The summed E-state index contributed by atoms with van der Waals surface area (Å²) in [5.41, 5.74) is 10.7. The Morgan fingerprint density at radius 1 is 1.14 bits per heavy atom. The second-order valence-electron chi connectivity index (χ2n) is 4.11. The van der Waals surface area contributed by atoms with Crippen LogP contribution in [0.4, 0.5) is 5.69 Å². The Kier molecular flexibility index (Phi) is 4.43. The van der Waals surface area contributed by atoms with Crippen molar-refractivity contribution in [3.63, 3.8) is 0 Å². The van der Waals surface area contributed by atoms with E-state index in [2.05, 4.69) is 10.0 Å². The Bertz CT molecular complexity index is 705. The molecule has 0 heterocycles. The highest BCUT2D eigenvalue weighted by atomic mass is 16.5. The molecule has 6 nitrogen and oxygen atoms in total. The van der Waals surface area contributed by atoms with Crippen LogP contribution in [0.3, 0.4) is 0 Å². The van der Waals surface area contributed by atoms with Crippen molar-refractivity contribution in [3.8, 4) is 16.9 Å². The highest BCUT2D eigenvalue weighted by Gasteiger charge is 2.16. The number of hydrogen-bond acceptors (Lipinski definition) is 4. The van der Waals surface area contributed by atoms with Crippen LogP contribution in [0.15, 0.2) is 47.6 Å². The topological polar surface area (TPSA) is 84.3 Å². The van der Waals surface area contributed by atoms with Crippen LogP contribution < -0.4 is 4.74 Å². The zero-order chi connectivity index (χ0) is 15.2. The monoisotopic (exact) mass is 283 g/mol. The number of carbonyl (C=O) groups excluding carboxylic acids is 1. The summed E-state index contributed by atoms with van der Waals surface area (Å²) in [5, 5.41) is 3.64. The molecule has 21 heavy (non-hydrogen) atoms. The third-order valence-corrected chi connectivity index (χ3v) is 2.98. The highest BCUT2D eigenvalue weighted by molar-refractivity contribution is 6.00. The first-order chi connectivity index (χ1) is 10.2. The van der Waals surface area contributed by atoms with Gasteiger partial charge in [0.15, 0.2) is 0 Å². The van der Waals surface area contributed by atoms with Crippen LogP contribution >= 0.6 is 0 Å². The molecule has 0 radical (unpaired) electrons. The SMILES string of the molecule is COC(=O)c1cccc(N=[N+]=[N-])c1-c1ccc(OC)cc1. The lowest BCUT2D eigenvalue weighted by Crippen LogP contribution is -2.03. The molecule has 6 heteroatoms. The summed E-state index contributed by atoms with van der Waals surface area (Å²) in [7, 11) is 2.88. The smallest absolute Gasteiger partial charge is 0.338 e. The summed E-state index contributed by atoms with van der Waals surface area (Å²) in [5.74, 6) is 0.204. The molecule has 0 unspecified atom stereocenters. The van der Waals surface area contributed by atoms with Crippen LogP contribution in [0.2, 0.25) is 0 Å². The number of nitrogens with zero attached hydrogens (tertiary/aromatic N) is 3. The van der Waals surface area contributed by atoms with Crippen molar-refractivity contribution in [3.05, 3.63) is 58.5 Å². The van der Waals surface area contributed by atoms with Crippen LogP contribution in [0.25, 0.3) is 21.6 Å². The summed E-state index contributed by atoms with van der Waals surface area (Å²) in [4.78, 5) is 14.7. The molecule has 0 aliphatic heterocycles. The van der Waals surface area contributed by atoms with Gasteiger partial charge < -0.3 is 9.47 Å². The predicted molar refractivity (Wildman–Crippen MR) is 78.6 cm³/mol. The molecule has 106 valence electrons. The number of benzene rings is 2. The van der Waals surface area contributed by atoms with Gasteiger partial charge in [0.2, 0.25) is 0 Å². The summed E-state index contributed by atoms with van der Waals surface area (Å²) >= 11 is 0. The fraction of sp³-hybridized carbons (Fsp3) is 0.133. The van der Waals surface area contributed by atoms with Crippen molar-refractivity contribution in [2.75, 3.05) is 14.2 Å². The maximum absolute atomic E-state index is 11.9. The van der Waals surface area contributed by atoms with E-state index in [0.29, 0.717) is 22.6 Å². The van der Waals surface area contributed by atoms with Gasteiger partial charge in [-0.3, -0.25) is 0 Å². The van der Waals surface area contributed by atoms with Crippen molar-refractivity contribution in [1.82, 2.24) is 0 Å². The fourth-order valence-electron chi connectivity index (χ4n) is 2.01. The number of esters is 1. The molecular formula is C15H13N3O3. The molecule has 0 fully saturated rings. The standard InChI is InChI=1S/C15H13N3O3/c1-20-11-8-6-10(7-9-11)14-12(15(19)21-2)4-3-5-13(14)17-18-16/h3-9H,1-2H3. The summed E-state index contributed by atoms with van der Waals surface area (Å²) in [6, 6.07) is 12.0. The van der Waals surface area contributed by atoms with Gasteiger partial charge >= 0.3 is 5.97 Å². The normalized spacial score (nSPS) is 9.62. The molecule has 2 rings (SSSR count). The molecule has 0 saturated heterocycles. The molecule has 2 aromatic rings. The summed E-state index contributed by atoms with van der Waals surface area (Å²) in [6.45, 7) is 0. The van der Waals surface area contributed by atoms with E-state index in [9.17, 15) is 4.79 Å². The van der Waals surface area contributed by atoms with Gasteiger partial charge in [-0.15, -0.1) is 0 Å². The average Bonchev–Trinajstić information content (AvgIpc) is 2.54. The van der Waals surface area contributed by atoms with Crippen molar-refractivity contribution >= 4 is 11.7 Å². The lowest BCUT2D eigenvalue weighted by atomic mass is 9.97. The Morgan fingerprint density at radius 3 is 2.43 bits per heavy atom. The number of azide groups is 1. The van der Waals surface area contributed by atoms with Gasteiger partial charge in [0.05, 0.1) is 19.8 Å². The molecule has 0 aliphatic rings. The molecule has 0 bridgehead atoms. The molecule has 0 aliphatic carbocycles. The first kappa shape index (κ1) is 14.4. The number of ether oxygens (including phenoxy) is 2. The Hall–Kier alpha value is -2.98. The lowest BCUT2D eigenvalue weighted by molar-refractivity contribution is 0.0601. The summed E-state index contributed by atoms with van der Waals surface area (Å²) < 4.78 is 9.89. The lowest BCUT2D eigenvalue weighted by Gasteiger charge is -2.11. The first-order valence-electron chi connectivity index (χ1n) is 6.12. The van der Waals surface area contributed by atoms with Crippen molar-refractivity contribution < 1.29 is 14.3 Å². The zero-order valence-corrected chi connectivity index (χ0v) is 11.6. The molecule has 2 aromatic carbocycles. The van der Waals surface area contributed by atoms with Gasteiger partial charge in [0.1, 0.15) is 5.75 Å². The third kappa shape index (κ3) is 2.96. The number of methoxy groups -OCH3 is 2. The average molecular weight is 283 g/mol. The minimum atomic E-state index is -0.490. The summed E-state index contributed by atoms with van der Waals surface area (Å²) in [6.07, 6.45) is 0. The molecule has 0 saturated carbocycles. The van der Waals surface area contributed by atoms with E-state index in [1.165, 1.54) is 7.11 Å². The van der Waals surface area contributed by atoms with Crippen molar-refractivity contribution in [2.45, 2.75) is 0 Å². The molecule has 0 spiro atoms. The van der Waals surface area contributed by atoms with Crippen molar-refractivity contribution in [2.24, 2.45) is 5.11 Å². The first-order valence-corrected chi connectivity index (χ1v) is 6.12. The largest absolute Gasteiger partial charge is 0.497 e. The van der Waals surface area contributed by atoms with Gasteiger partial charge in [0.25, 0.3) is 0 Å². The minimum Gasteiger partial charge on any atom is -0.497 e. The fourth-order valence-corrected chi connectivity index (χ4v) is 2.01. The van der Waals surface area contributed by atoms with E-state index in [4.69, 9.17) is 15.0 Å². The van der Waals surface area contributed by atoms with Crippen LogP contribution in [0, 0.1) is 0 Å². The van der Waals surface area contributed by atoms with Gasteiger partial charge in [-0.25, -0.2) is 4.79 Å². The Labute approximate surface area is 121 Å². The molecular weight excluding hydrogens is 270 g/mol. The van der Waals surface area contributed by atoms with Gasteiger partial charge in [-0.1, -0.05) is 29.4 Å². The van der Waals surface area contributed by atoms with E-state index >= 15 is 0 Å². The highest BCUT2D eigenvalue weighted by Crippen LogP contribution is 2.35. The molecule has 0 amide bonds. The van der Waals surface area contributed by atoms with E-state index in [1.54, 1.807) is 49.6 Å². The second-order valence-corrected chi connectivity index (χ2v) is 4.11. The van der Waals surface area contributed by atoms with Crippen LogP contribution in [-0.2, 0) is 4.74 Å². The van der Waals surface area contributed by atoms with Crippen LogP contribution in [0.1, 0.15) is 10.4 Å². The third-order valence-electron chi connectivity index (χ3n) is 2.98. The Morgan fingerprint density at radius 2 is 1.86 bits per heavy atom. The number of hydrogen-bond donors (Lipinski definition) is 0. The molecule has 0 aromatic heterocycles. The van der Waals surface area contributed by atoms with E-state index in [0.717, 1.165) is 5.56 Å². The number of rotatable bonds is 4. The Balaban J connectivity index is 2.67. The van der Waals surface area contributed by atoms with E-state index in [1.807, 2.05) is 0 Å². The van der Waals surface area contributed by atoms with Gasteiger partial charge in [-0.2, -0.15) is 0 Å². The minimum absolute atomic E-state index is 0.340. The van der Waals surface area contributed by atoms with Crippen LogP contribution in [-0.4, -0.2) is 20.2 Å².